The third-order valence-electron chi connectivity index (χ3n) is 10.1. The summed E-state index contributed by atoms with van der Waals surface area (Å²) in [5, 5.41) is 13.6. The van der Waals surface area contributed by atoms with Crippen LogP contribution >= 0.6 is 0 Å². The van der Waals surface area contributed by atoms with E-state index in [0.29, 0.717) is 23.7 Å². The van der Waals surface area contributed by atoms with Crippen LogP contribution in [0.3, 0.4) is 0 Å². The van der Waals surface area contributed by atoms with Gasteiger partial charge in [0.1, 0.15) is 0 Å². The number of ketones is 1. The van der Waals surface area contributed by atoms with Crippen LogP contribution in [0.4, 0.5) is 0 Å². The molecule has 168 valence electrons. The van der Waals surface area contributed by atoms with E-state index in [0.717, 1.165) is 47.8 Å². The first-order chi connectivity index (χ1) is 14.2. The molecular formula is C27H43NO2. The van der Waals surface area contributed by atoms with Crippen LogP contribution in [0.5, 0.6) is 0 Å². The molecule has 0 amide bonds. The molecule has 3 heteroatoms. The topological polar surface area (TPSA) is 49.7 Å². The van der Waals surface area contributed by atoms with Gasteiger partial charge in [0.05, 0.1) is 5.71 Å². The van der Waals surface area contributed by atoms with Crippen molar-refractivity contribution in [3.8, 4) is 0 Å². The average Bonchev–Trinajstić information content (AvgIpc) is 3.05. The molecule has 0 unspecified atom stereocenters. The van der Waals surface area contributed by atoms with Gasteiger partial charge in [0.15, 0.2) is 5.78 Å². The first-order valence-electron chi connectivity index (χ1n) is 12.7. The lowest BCUT2D eigenvalue weighted by Gasteiger charge is -2.58. The van der Waals surface area contributed by atoms with Crippen molar-refractivity contribution in [3.05, 3.63) is 11.6 Å². The molecule has 0 aromatic carbocycles. The summed E-state index contributed by atoms with van der Waals surface area (Å²) in [5.74, 6) is 4.64. The molecule has 4 aliphatic rings. The van der Waals surface area contributed by atoms with Crippen molar-refractivity contribution < 1.29 is 10.0 Å². The van der Waals surface area contributed by atoms with E-state index in [1.807, 2.05) is 6.08 Å². The van der Waals surface area contributed by atoms with Gasteiger partial charge in [-0.1, -0.05) is 59.0 Å². The SMILES string of the molecule is CC(C)CCC[C@@H](C)[C@H]1CC[C@H]2[C@@H]3C/C(=N/O)C4=CC(=O)CC[C@]4(C)[C@H]3CC[C@]12C. The Morgan fingerprint density at radius 2 is 1.87 bits per heavy atom. The van der Waals surface area contributed by atoms with Crippen molar-refractivity contribution in [1.29, 1.82) is 0 Å². The number of nitrogens with zero attached hydrogens (tertiary/aromatic N) is 1. The molecule has 0 aromatic rings. The highest BCUT2D eigenvalue weighted by Gasteiger charge is 2.60. The lowest BCUT2D eigenvalue weighted by molar-refractivity contribution is -0.116. The van der Waals surface area contributed by atoms with Gasteiger partial charge >= 0.3 is 0 Å². The molecule has 0 radical (unpaired) electrons. The number of allylic oxidation sites excluding steroid dienone is 1. The number of rotatable bonds is 5. The van der Waals surface area contributed by atoms with Gasteiger partial charge in [0.2, 0.25) is 0 Å². The highest BCUT2D eigenvalue weighted by atomic mass is 16.4. The number of fused-ring (bicyclic) bond motifs is 5. The maximum Gasteiger partial charge on any atom is 0.156 e. The van der Waals surface area contributed by atoms with Crippen LogP contribution in [0.15, 0.2) is 16.8 Å². The van der Waals surface area contributed by atoms with E-state index in [1.54, 1.807) is 0 Å². The van der Waals surface area contributed by atoms with Crippen molar-refractivity contribution in [2.75, 3.05) is 0 Å². The highest BCUT2D eigenvalue weighted by molar-refractivity contribution is 6.08. The minimum Gasteiger partial charge on any atom is -0.411 e. The van der Waals surface area contributed by atoms with Gasteiger partial charge in [-0.2, -0.15) is 0 Å². The minimum atomic E-state index is 0.0146. The van der Waals surface area contributed by atoms with Crippen LogP contribution in [-0.2, 0) is 4.79 Å². The summed E-state index contributed by atoms with van der Waals surface area (Å²) in [6, 6.07) is 0. The largest absolute Gasteiger partial charge is 0.411 e. The molecule has 7 atom stereocenters. The molecule has 4 aliphatic carbocycles. The summed E-state index contributed by atoms with van der Waals surface area (Å²) in [4.78, 5) is 12.1. The first-order valence-corrected chi connectivity index (χ1v) is 12.7. The lowest BCUT2D eigenvalue weighted by Crippen LogP contribution is -2.53. The van der Waals surface area contributed by atoms with Gasteiger partial charge in [-0.25, -0.2) is 0 Å². The fourth-order valence-electron chi connectivity index (χ4n) is 8.53. The Kier molecular flexibility index (Phi) is 5.96. The Morgan fingerprint density at radius 3 is 2.57 bits per heavy atom. The predicted molar refractivity (Wildman–Crippen MR) is 123 cm³/mol. The number of carbonyl (C=O) groups excluding carboxylic acids is 1. The second-order valence-corrected chi connectivity index (χ2v) is 12.1. The Hall–Kier alpha value is -1.12. The van der Waals surface area contributed by atoms with Gasteiger partial charge in [0.25, 0.3) is 0 Å². The van der Waals surface area contributed by atoms with E-state index in [4.69, 9.17) is 0 Å². The van der Waals surface area contributed by atoms with Gasteiger partial charge in [0, 0.05) is 6.42 Å². The maximum atomic E-state index is 12.1. The summed E-state index contributed by atoms with van der Waals surface area (Å²) >= 11 is 0. The van der Waals surface area contributed by atoms with E-state index in [9.17, 15) is 10.0 Å². The standard InChI is InChI=1S/C27H43NO2/c1-17(2)7-6-8-18(3)21-9-10-22-20-16-25(28-30)24-15-19(29)11-13-27(24,5)23(20)12-14-26(21,22)4/h15,17-18,20-23,30H,6-14,16H2,1-5H3/b28-25-/t18-,20+,21-,22+,23+,26-,27-/m1/s1. The summed E-state index contributed by atoms with van der Waals surface area (Å²) in [7, 11) is 0. The van der Waals surface area contributed by atoms with Gasteiger partial charge < -0.3 is 5.21 Å². The smallest absolute Gasteiger partial charge is 0.156 e. The molecule has 3 nitrogen and oxygen atoms in total. The normalized spacial score (nSPS) is 43.2. The molecule has 4 rings (SSSR count). The molecule has 3 fully saturated rings. The average molecular weight is 414 g/mol. The molecule has 0 aromatic heterocycles. The van der Waals surface area contributed by atoms with Crippen LogP contribution in [0, 0.1) is 46.3 Å². The van der Waals surface area contributed by atoms with Crippen molar-refractivity contribution in [3.63, 3.8) is 0 Å². The summed E-state index contributed by atoms with van der Waals surface area (Å²) in [5.41, 5.74) is 2.31. The second-order valence-electron chi connectivity index (χ2n) is 12.1. The van der Waals surface area contributed by atoms with E-state index < -0.39 is 0 Å². The van der Waals surface area contributed by atoms with Crippen LogP contribution < -0.4 is 0 Å². The van der Waals surface area contributed by atoms with E-state index in [1.165, 1.54) is 44.9 Å². The van der Waals surface area contributed by atoms with Crippen LogP contribution in [-0.4, -0.2) is 16.7 Å². The number of hydrogen-bond donors (Lipinski definition) is 1. The molecule has 0 spiro atoms. The van der Waals surface area contributed by atoms with Crippen molar-refractivity contribution in [1.82, 2.24) is 0 Å². The van der Waals surface area contributed by atoms with Gasteiger partial charge in [-0.3, -0.25) is 4.79 Å². The molecule has 1 N–H and O–H groups in total. The fourth-order valence-corrected chi connectivity index (χ4v) is 8.53. The molecular weight excluding hydrogens is 370 g/mol. The van der Waals surface area contributed by atoms with Crippen LogP contribution in [0.25, 0.3) is 0 Å². The third kappa shape index (κ3) is 3.48. The lowest BCUT2D eigenvalue weighted by atomic mass is 9.46. The van der Waals surface area contributed by atoms with E-state index in [-0.39, 0.29) is 11.2 Å². The molecule has 0 heterocycles. The first kappa shape index (κ1) is 22.1. The van der Waals surface area contributed by atoms with Crippen LogP contribution in [0.2, 0.25) is 0 Å². The molecule has 30 heavy (non-hydrogen) atoms. The minimum absolute atomic E-state index is 0.0146. The molecule has 0 bridgehead atoms. The van der Waals surface area contributed by atoms with Crippen molar-refractivity contribution in [2.45, 2.75) is 98.8 Å². The summed E-state index contributed by atoms with van der Waals surface area (Å²) < 4.78 is 0. The maximum absolute atomic E-state index is 12.1. The Bertz CT molecular complexity index is 737. The fraction of sp³-hybridized carbons (Fsp3) is 0.852. The zero-order valence-corrected chi connectivity index (χ0v) is 19.9. The molecule has 3 saturated carbocycles. The number of carbonyl (C=O) groups is 1. The molecule has 0 aliphatic heterocycles. The third-order valence-corrected chi connectivity index (χ3v) is 10.1. The Balaban J connectivity index is 1.57. The number of oxime groups is 1. The van der Waals surface area contributed by atoms with E-state index >= 15 is 0 Å². The predicted octanol–water partition coefficient (Wildman–Crippen LogP) is 7.04. The van der Waals surface area contributed by atoms with Crippen molar-refractivity contribution in [2.24, 2.45) is 51.5 Å². The van der Waals surface area contributed by atoms with Gasteiger partial charge in [-0.05, 0) is 96.5 Å². The quantitative estimate of drug-likeness (QED) is 0.388. The highest BCUT2D eigenvalue weighted by Crippen LogP contribution is 2.67. The monoisotopic (exact) mass is 413 g/mol. The summed E-state index contributed by atoms with van der Waals surface area (Å²) in [6.07, 6.45) is 13.7. The zero-order valence-electron chi connectivity index (χ0n) is 19.9. The van der Waals surface area contributed by atoms with Crippen LogP contribution in [0.1, 0.15) is 98.8 Å². The van der Waals surface area contributed by atoms with E-state index in [2.05, 4.69) is 39.8 Å². The second kappa shape index (κ2) is 8.10. The zero-order chi connectivity index (χ0) is 21.7. The number of hydrogen-bond acceptors (Lipinski definition) is 3. The molecule has 0 saturated heterocycles. The van der Waals surface area contributed by atoms with Gasteiger partial charge in [-0.15, -0.1) is 0 Å². The van der Waals surface area contributed by atoms with Crippen molar-refractivity contribution >= 4 is 11.5 Å². The Morgan fingerprint density at radius 1 is 1.10 bits per heavy atom. The Labute approximate surface area is 183 Å². The summed E-state index contributed by atoms with van der Waals surface area (Å²) in [6.45, 7) is 12.1.